The van der Waals surface area contributed by atoms with Crippen molar-refractivity contribution in [2.45, 2.75) is 6.92 Å². The van der Waals surface area contributed by atoms with Crippen LogP contribution in [0.25, 0.3) is 10.5 Å². The van der Waals surface area contributed by atoms with Gasteiger partial charge < -0.3 is 0 Å². The van der Waals surface area contributed by atoms with Crippen LogP contribution in [0, 0.1) is 0 Å². The van der Waals surface area contributed by atoms with Crippen molar-refractivity contribution in [3.8, 4) is 0 Å². The van der Waals surface area contributed by atoms with Crippen LogP contribution in [0.2, 0.25) is 0 Å². The van der Waals surface area contributed by atoms with Gasteiger partial charge in [-0.2, -0.15) is 0 Å². The summed E-state index contributed by atoms with van der Waals surface area (Å²) in [7, 11) is -3.79. The van der Waals surface area contributed by atoms with Crippen LogP contribution in [0.1, 0.15) is 18.1 Å². The van der Waals surface area contributed by atoms with Gasteiger partial charge in [0, 0.05) is 0 Å². The zero-order valence-corrected chi connectivity index (χ0v) is 11.4. The van der Waals surface area contributed by atoms with Crippen molar-refractivity contribution in [3.05, 3.63) is 71.8 Å². The Morgan fingerprint density at radius 2 is 1.26 bits per heavy atom. The SMILES string of the molecule is CC(=C(c1ccccc1)S(N)(=O)=O)c1ccccc1. The average molecular weight is 273 g/mol. The zero-order valence-electron chi connectivity index (χ0n) is 10.6. The van der Waals surface area contributed by atoms with Gasteiger partial charge in [0.25, 0.3) is 0 Å². The largest absolute Gasteiger partial charge is 0.238 e. The third kappa shape index (κ3) is 3.10. The molecule has 3 nitrogen and oxygen atoms in total. The van der Waals surface area contributed by atoms with Crippen LogP contribution in [-0.4, -0.2) is 8.42 Å². The molecule has 2 aromatic carbocycles. The lowest BCUT2D eigenvalue weighted by molar-refractivity contribution is 0.607. The average Bonchev–Trinajstić information content (AvgIpc) is 2.39. The number of hydrogen-bond acceptors (Lipinski definition) is 2. The van der Waals surface area contributed by atoms with Gasteiger partial charge in [-0.15, -0.1) is 0 Å². The van der Waals surface area contributed by atoms with E-state index in [1.54, 1.807) is 31.2 Å². The normalized spacial score (nSPS) is 12.9. The number of hydrogen-bond donors (Lipinski definition) is 1. The van der Waals surface area contributed by atoms with Crippen molar-refractivity contribution >= 4 is 20.5 Å². The molecule has 0 unspecified atom stereocenters. The molecule has 4 heteroatoms. The second-order valence-corrected chi connectivity index (χ2v) is 5.73. The lowest BCUT2D eigenvalue weighted by Gasteiger charge is -2.11. The molecule has 0 saturated heterocycles. The lowest BCUT2D eigenvalue weighted by atomic mass is 10.0. The number of benzene rings is 2. The highest BCUT2D eigenvalue weighted by molar-refractivity contribution is 7.98. The number of sulfonamides is 1. The van der Waals surface area contributed by atoms with Crippen LogP contribution in [-0.2, 0) is 10.0 Å². The van der Waals surface area contributed by atoms with Crippen molar-refractivity contribution in [3.63, 3.8) is 0 Å². The molecule has 0 saturated carbocycles. The minimum Gasteiger partial charge on any atom is -0.225 e. The minimum atomic E-state index is -3.79. The summed E-state index contributed by atoms with van der Waals surface area (Å²) in [5, 5.41) is 5.36. The molecule has 0 atom stereocenters. The molecule has 0 amide bonds. The quantitative estimate of drug-likeness (QED) is 0.874. The fourth-order valence-corrected chi connectivity index (χ4v) is 3.01. The Kier molecular flexibility index (Phi) is 3.83. The monoisotopic (exact) mass is 273 g/mol. The number of rotatable bonds is 3. The molecule has 0 radical (unpaired) electrons. The van der Waals surface area contributed by atoms with Crippen LogP contribution in [0.15, 0.2) is 60.7 Å². The smallest absolute Gasteiger partial charge is 0.225 e. The van der Waals surface area contributed by atoms with Crippen LogP contribution in [0.5, 0.6) is 0 Å². The first-order valence-electron chi connectivity index (χ1n) is 5.84. The standard InChI is InChI=1S/C15H15NO2S/c1-12(13-8-4-2-5-9-13)15(19(16,17)18)14-10-6-3-7-11-14/h2-11H,1H3,(H2,16,17,18). The molecule has 0 aliphatic heterocycles. The maximum atomic E-state index is 11.9. The highest BCUT2D eigenvalue weighted by atomic mass is 32.2. The van der Waals surface area contributed by atoms with Crippen molar-refractivity contribution in [1.82, 2.24) is 0 Å². The van der Waals surface area contributed by atoms with E-state index in [1.807, 2.05) is 36.4 Å². The summed E-state index contributed by atoms with van der Waals surface area (Å²) < 4.78 is 23.7. The Balaban J connectivity index is 2.70. The third-order valence-electron chi connectivity index (χ3n) is 2.87. The third-order valence-corrected chi connectivity index (χ3v) is 3.98. The van der Waals surface area contributed by atoms with Gasteiger partial charge in [-0.25, -0.2) is 13.6 Å². The highest BCUT2D eigenvalue weighted by Crippen LogP contribution is 2.28. The highest BCUT2D eigenvalue weighted by Gasteiger charge is 2.18. The number of nitrogens with two attached hydrogens (primary N) is 1. The Bertz CT molecular complexity index is 689. The van der Waals surface area contributed by atoms with Gasteiger partial charge in [-0.05, 0) is 23.6 Å². The molecular formula is C15H15NO2S. The Hall–Kier alpha value is -1.91. The Labute approximate surface area is 113 Å². The molecule has 0 heterocycles. The predicted octanol–water partition coefficient (Wildman–Crippen LogP) is 2.86. The second-order valence-electron chi connectivity index (χ2n) is 4.23. The molecule has 19 heavy (non-hydrogen) atoms. The van der Waals surface area contributed by atoms with Crippen molar-refractivity contribution in [2.24, 2.45) is 5.14 Å². The van der Waals surface area contributed by atoms with Gasteiger partial charge in [0.1, 0.15) is 0 Å². The molecule has 0 aromatic heterocycles. The Morgan fingerprint density at radius 3 is 1.68 bits per heavy atom. The first-order chi connectivity index (χ1) is 9.00. The van der Waals surface area contributed by atoms with Gasteiger partial charge in [-0.1, -0.05) is 60.7 Å². The molecule has 2 rings (SSSR count). The summed E-state index contributed by atoms with van der Waals surface area (Å²) in [6.07, 6.45) is 0. The van der Waals surface area contributed by atoms with Crippen LogP contribution < -0.4 is 5.14 Å². The molecule has 0 fully saturated rings. The van der Waals surface area contributed by atoms with Crippen LogP contribution >= 0.6 is 0 Å². The van der Waals surface area contributed by atoms with E-state index in [-0.39, 0.29) is 4.91 Å². The minimum absolute atomic E-state index is 0.166. The topological polar surface area (TPSA) is 60.2 Å². The zero-order chi connectivity index (χ0) is 13.9. The van der Waals surface area contributed by atoms with Crippen molar-refractivity contribution in [1.29, 1.82) is 0 Å². The fourth-order valence-electron chi connectivity index (χ4n) is 2.00. The predicted molar refractivity (Wildman–Crippen MR) is 78.5 cm³/mol. The molecule has 2 aromatic rings. The van der Waals surface area contributed by atoms with Gasteiger partial charge in [0.15, 0.2) is 0 Å². The van der Waals surface area contributed by atoms with Crippen LogP contribution in [0.3, 0.4) is 0 Å². The van der Waals surface area contributed by atoms with Crippen molar-refractivity contribution < 1.29 is 8.42 Å². The van der Waals surface area contributed by atoms with Crippen LogP contribution in [0.4, 0.5) is 0 Å². The maximum Gasteiger partial charge on any atom is 0.238 e. The van der Waals surface area contributed by atoms with E-state index in [2.05, 4.69) is 0 Å². The molecule has 2 N–H and O–H groups in total. The van der Waals surface area contributed by atoms with Crippen molar-refractivity contribution in [2.75, 3.05) is 0 Å². The molecule has 0 bridgehead atoms. The van der Waals surface area contributed by atoms with E-state index in [0.717, 1.165) is 5.56 Å². The van der Waals surface area contributed by atoms with Gasteiger partial charge in [0.2, 0.25) is 10.0 Å². The van der Waals surface area contributed by atoms with E-state index in [0.29, 0.717) is 11.1 Å². The van der Waals surface area contributed by atoms with E-state index in [9.17, 15) is 8.42 Å². The van der Waals surface area contributed by atoms with Gasteiger partial charge in [0.05, 0.1) is 4.91 Å². The summed E-state index contributed by atoms with van der Waals surface area (Å²) in [5.41, 5.74) is 2.09. The maximum absolute atomic E-state index is 11.9. The summed E-state index contributed by atoms with van der Waals surface area (Å²) in [6.45, 7) is 1.77. The fraction of sp³-hybridized carbons (Fsp3) is 0.0667. The van der Waals surface area contributed by atoms with E-state index < -0.39 is 10.0 Å². The molecule has 0 aliphatic rings. The second kappa shape index (κ2) is 5.38. The van der Waals surface area contributed by atoms with E-state index in [4.69, 9.17) is 5.14 Å². The van der Waals surface area contributed by atoms with E-state index >= 15 is 0 Å². The molecule has 0 spiro atoms. The summed E-state index contributed by atoms with van der Waals surface area (Å²) >= 11 is 0. The Morgan fingerprint density at radius 1 is 0.842 bits per heavy atom. The first-order valence-corrected chi connectivity index (χ1v) is 7.39. The van der Waals surface area contributed by atoms with Gasteiger partial charge in [-0.3, -0.25) is 0 Å². The number of allylic oxidation sites excluding steroid dienone is 1. The molecule has 0 aliphatic carbocycles. The molecular weight excluding hydrogens is 258 g/mol. The first kappa shape index (κ1) is 13.5. The molecule has 98 valence electrons. The van der Waals surface area contributed by atoms with Gasteiger partial charge >= 0.3 is 0 Å². The summed E-state index contributed by atoms with van der Waals surface area (Å²) in [4.78, 5) is 0.166. The number of primary sulfonamides is 1. The van der Waals surface area contributed by atoms with E-state index in [1.165, 1.54) is 0 Å². The summed E-state index contributed by atoms with van der Waals surface area (Å²) in [5.74, 6) is 0. The lowest BCUT2D eigenvalue weighted by Crippen LogP contribution is -2.15. The summed E-state index contributed by atoms with van der Waals surface area (Å²) in [6, 6.07) is 18.2.